The predicted octanol–water partition coefficient (Wildman–Crippen LogP) is 2.78. The van der Waals surface area contributed by atoms with Crippen LogP contribution in [0.3, 0.4) is 0 Å². The average molecular weight is 476 g/mol. The van der Waals surface area contributed by atoms with Crippen LogP contribution in [-0.2, 0) is 21.5 Å². The van der Waals surface area contributed by atoms with Crippen molar-refractivity contribution in [2.24, 2.45) is 5.92 Å². The molecular formula is C26H29N5O4. The Morgan fingerprint density at radius 2 is 2.00 bits per heavy atom. The molecule has 3 atom stereocenters. The third kappa shape index (κ3) is 4.45. The Balaban J connectivity index is 1.20. The number of hydrogen-bond donors (Lipinski definition) is 4. The predicted molar refractivity (Wildman–Crippen MR) is 130 cm³/mol. The van der Waals surface area contributed by atoms with Crippen LogP contribution in [0.4, 0.5) is 4.79 Å². The number of pyridine rings is 1. The first-order valence-electron chi connectivity index (χ1n) is 11.9. The fourth-order valence-electron chi connectivity index (χ4n) is 5.37. The Hall–Kier alpha value is -3.88. The highest BCUT2D eigenvalue weighted by atomic mass is 16.4. The maximum atomic E-state index is 13.1. The van der Waals surface area contributed by atoms with E-state index in [1.54, 1.807) is 19.3 Å². The van der Waals surface area contributed by atoms with Gasteiger partial charge in [-0.1, -0.05) is 30.3 Å². The van der Waals surface area contributed by atoms with Crippen molar-refractivity contribution in [1.82, 2.24) is 25.5 Å². The summed E-state index contributed by atoms with van der Waals surface area (Å²) < 4.78 is 0. The number of carbonyl (C=O) groups is 3. The summed E-state index contributed by atoms with van der Waals surface area (Å²) in [4.78, 5) is 46.2. The normalized spacial score (nSPS) is 21.5. The van der Waals surface area contributed by atoms with E-state index in [1.807, 2.05) is 30.3 Å². The van der Waals surface area contributed by atoms with Gasteiger partial charge >= 0.3 is 6.09 Å². The molecule has 1 saturated heterocycles. The van der Waals surface area contributed by atoms with Gasteiger partial charge in [0.15, 0.2) is 0 Å². The van der Waals surface area contributed by atoms with E-state index in [2.05, 4.69) is 32.7 Å². The molecule has 0 bridgehead atoms. The Morgan fingerprint density at radius 1 is 1.23 bits per heavy atom. The van der Waals surface area contributed by atoms with Crippen molar-refractivity contribution >= 4 is 28.8 Å². The van der Waals surface area contributed by atoms with E-state index < -0.39 is 24.1 Å². The third-order valence-electron chi connectivity index (χ3n) is 7.45. The standard InChI is InChI=1S/C26H29N5O4/c1-16(23(32)28-14-20-11-17-13-27-10-7-21(17)30-20)29-24(33)22-12-19(15-31(22)25(34)35)26(8-9-26)18-5-3-2-4-6-18/h2-7,10-11,13,16,19,22,30H,8-9,12,14-15H2,1H3,(H,28,32)(H,29,33)(H,34,35)/t16?,19-,22+/m0/s1. The van der Waals surface area contributed by atoms with Gasteiger partial charge < -0.3 is 20.7 Å². The number of rotatable bonds is 7. The van der Waals surface area contributed by atoms with Crippen molar-refractivity contribution in [1.29, 1.82) is 0 Å². The van der Waals surface area contributed by atoms with Crippen LogP contribution < -0.4 is 10.6 Å². The maximum Gasteiger partial charge on any atom is 0.407 e. The van der Waals surface area contributed by atoms with Crippen molar-refractivity contribution in [2.75, 3.05) is 6.54 Å². The summed E-state index contributed by atoms with van der Waals surface area (Å²) in [6, 6.07) is 12.3. The third-order valence-corrected chi connectivity index (χ3v) is 7.45. The number of nitrogens with one attached hydrogen (secondary N) is 3. The molecule has 1 aromatic carbocycles. The molecule has 1 aliphatic carbocycles. The number of aromatic nitrogens is 2. The van der Waals surface area contributed by atoms with Gasteiger partial charge in [-0.3, -0.25) is 19.5 Å². The van der Waals surface area contributed by atoms with Gasteiger partial charge in [-0.2, -0.15) is 0 Å². The fraction of sp³-hybridized carbons (Fsp3) is 0.385. The topological polar surface area (TPSA) is 127 Å². The van der Waals surface area contributed by atoms with Gasteiger partial charge in [0.2, 0.25) is 11.8 Å². The highest BCUT2D eigenvalue weighted by Crippen LogP contribution is 2.57. The molecule has 2 fully saturated rings. The maximum absolute atomic E-state index is 13.1. The number of hydrogen-bond acceptors (Lipinski definition) is 4. The molecule has 3 heterocycles. The zero-order valence-electron chi connectivity index (χ0n) is 19.5. The molecule has 2 aromatic heterocycles. The molecule has 5 rings (SSSR count). The summed E-state index contributed by atoms with van der Waals surface area (Å²) in [6.07, 6.45) is 4.76. The molecule has 0 radical (unpaired) electrons. The smallest absolute Gasteiger partial charge is 0.407 e. The number of carbonyl (C=O) groups excluding carboxylic acids is 2. The van der Waals surface area contributed by atoms with Crippen LogP contribution in [0.15, 0.2) is 54.9 Å². The first-order valence-corrected chi connectivity index (χ1v) is 11.9. The van der Waals surface area contributed by atoms with Crippen molar-refractivity contribution in [3.05, 3.63) is 66.1 Å². The second-order valence-electron chi connectivity index (χ2n) is 9.61. The molecule has 1 aliphatic heterocycles. The average Bonchev–Trinajstić information content (AvgIpc) is 3.35. The Labute approximate surface area is 202 Å². The first kappa shape index (κ1) is 22.9. The van der Waals surface area contributed by atoms with Gasteiger partial charge in [0.05, 0.1) is 6.54 Å². The van der Waals surface area contributed by atoms with Crippen molar-refractivity contribution in [3.8, 4) is 0 Å². The van der Waals surface area contributed by atoms with Crippen LogP contribution in [0.5, 0.6) is 0 Å². The molecule has 1 saturated carbocycles. The summed E-state index contributed by atoms with van der Waals surface area (Å²) in [5.74, 6) is -0.704. The van der Waals surface area contributed by atoms with Crippen LogP contribution in [-0.4, -0.2) is 56.5 Å². The van der Waals surface area contributed by atoms with E-state index in [-0.39, 0.29) is 23.8 Å². The molecule has 3 aromatic rings. The van der Waals surface area contributed by atoms with E-state index >= 15 is 0 Å². The van der Waals surface area contributed by atoms with E-state index in [1.165, 1.54) is 10.5 Å². The minimum Gasteiger partial charge on any atom is -0.465 e. The Bertz CT molecular complexity index is 1220. The summed E-state index contributed by atoms with van der Waals surface area (Å²) in [5.41, 5.74) is 2.89. The summed E-state index contributed by atoms with van der Waals surface area (Å²) in [5, 5.41) is 16.3. The fourth-order valence-corrected chi connectivity index (χ4v) is 5.37. The summed E-state index contributed by atoms with van der Waals surface area (Å²) >= 11 is 0. The molecule has 9 nitrogen and oxygen atoms in total. The van der Waals surface area contributed by atoms with E-state index in [0.29, 0.717) is 13.0 Å². The van der Waals surface area contributed by atoms with Gasteiger partial charge in [0, 0.05) is 35.5 Å². The number of nitrogens with zero attached hydrogens (tertiary/aromatic N) is 2. The SMILES string of the molecule is CC(NC(=O)[C@H]1C[C@H](C2(c3ccccc3)CC2)CN1C(=O)O)C(=O)NCc1cc2cnccc2[nH]1. The van der Waals surface area contributed by atoms with E-state index in [4.69, 9.17) is 0 Å². The molecule has 1 unspecified atom stereocenters. The lowest BCUT2D eigenvalue weighted by molar-refractivity contribution is -0.130. The van der Waals surface area contributed by atoms with Crippen molar-refractivity contribution in [2.45, 2.75) is 50.2 Å². The number of amides is 3. The Kier molecular flexibility index (Phi) is 5.92. The van der Waals surface area contributed by atoms with Crippen LogP contribution in [0.1, 0.15) is 37.4 Å². The van der Waals surface area contributed by atoms with Gasteiger partial charge in [-0.25, -0.2) is 4.79 Å². The molecule has 9 heteroatoms. The molecule has 3 amide bonds. The molecule has 2 aliphatic rings. The van der Waals surface area contributed by atoms with Crippen molar-refractivity contribution < 1.29 is 19.5 Å². The lowest BCUT2D eigenvalue weighted by atomic mass is 9.81. The quantitative estimate of drug-likeness (QED) is 0.418. The Morgan fingerprint density at radius 3 is 2.69 bits per heavy atom. The molecule has 35 heavy (non-hydrogen) atoms. The second-order valence-corrected chi connectivity index (χ2v) is 9.61. The van der Waals surface area contributed by atoms with Gasteiger partial charge in [-0.05, 0) is 55.2 Å². The lowest BCUT2D eigenvalue weighted by Gasteiger charge is -2.23. The van der Waals surface area contributed by atoms with Crippen LogP contribution in [0.2, 0.25) is 0 Å². The van der Waals surface area contributed by atoms with Crippen LogP contribution in [0.25, 0.3) is 10.9 Å². The highest BCUT2D eigenvalue weighted by Gasteiger charge is 2.56. The number of H-pyrrole nitrogens is 1. The zero-order valence-corrected chi connectivity index (χ0v) is 19.5. The van der Waals surface area contributed by atoms with Crippen LogP contribution in [0, 0.1) is 5.92 Å². The monoisotopic (exact) mass is 475 g/mol. The molecule has 0 spiro atoms. The van der Waals surface area contributed by atoms with Crippen molar-refractivity contribution in [3.63, 3.8) is 0 Å². The van der Waals surface area contributed by atoms with Gasteiger partial charge in [-0.15, -0.1) is 0 Å². The molecular weight excluding hydrogens is 446 g/mol. The molecule has 182 valence electrons. The van der Waals surface area contributed by atoms with Gasteiger partial charge in [0.1, 0.15) is 12.1 Å². The largest absolute Gasteiger partial charge is 0.465 e. The second kappa shape index (κ2) is 9.05. The van der Waals surface area contributed by atoms with Crippen LogP contribution >= 0.6 is 0 Å². The number of aromatic amines is 1. The number of likely N-dealkylation sites (tertiary alicyclic amines) is 1. The zero-order chi connectivity index (χ0) is 24.6. The number of fused-ring (bicyclic) bond motifs is 1. The highest BCUT2D eigenvalue weighted by molar-refractivity contribution is 5.91. The number of benzene rings is 1. The first-order chi connectivity index (χ1) is 16.9. The van der Waals surface area contributed by atoms with E-state index in [0.717, 1.165) is 29.4 Å². The van der Waals surface area contributed by atoms with E-state index in [9.17, 15) is 19.5 Å². The summed E-state index contributed by atoms with van der Waals surface area (Å²) in [6.45, 7) is 2.20. The number of carboxylic acid groups (broad SMARTS) is 1. The minimum absolute atomic E-state index is 0.0670. The molecule has 4 N–H and O–H groups in total. The van der Waals surface area contributed by atoms with Gasteiger partial charge in [0.25, 0.3) is 0 Å². The summed E-state index contributed by atoms with van der Waals surface area (Å²) in [7, 11) is 0. The lowest BCUT2D eigenvalue weighted by Crippen LogP contribution is -2.51. The minimum atomic E-state index is -1.11.